The van der Waals surface area contributed by atoms with Gasteiger partial charge in [0, 0.05) is 6.42 Å². The van der Waals surface area contributed by atoms with Gasteiger partial charge in [-0.3, -0.25) is 4.79 Å². The van der Waals surface area contributed by atoms with Crippen LogP contribution in [0, 0.1) is 11.3 Å². The molecule has 0 spiro atoms. The molecule has 0 saturated carbocycles. The summed E-state index contributed by atoms with van der Waals surface area (Å²) in [6.07, 6.45) is 7.74. The molecule has 0 heterocycles. The SMILES string of the molecule is CCCCC(CC)COC(=O)C(C)(C)CCCCC(C)=O. The van der Waals surface area contributed by atoms with Gasteiger partial charge in [0.2, 0.25) is 0 Å². The van der Waals surface area contributed by atoms with Crippen molar-refractivity contribution in [2.45, 2.75) is 86.0 Å². The molecular formula is C18H34O3. The smallest absolute Gasteiger partial charge is 0.311 e. The summed E-state index contributed by atoms with van der Waals surface area (Å²) in [5.74, 6) is 0.611. The molecular weight excluding hydrogens is 264 g/mol. The van der Waals surface area contributed by atoms with Crippen molar-refractivity contribution in [2.75, 3.05) is 6.61 Å². The fourth-order valence-corrected chi connectivity index (χ4v) is 2.33. The second-order valence-electron chi connectivity index (χ2n) is 6.81. The van der Waals surface area contributed by atoms with E-state index in [1.807, 2.05) is 13.8 Å². The third-order valence-corrected chi connectivity index (χ3v) is 4.13. The van der Waals surface area contributed by atoms with Crippen LogP contribution in [0.5, 0.6) is 0 Å². The predicted octanol–water partition coefficient (Wildman–Crippen LogP) is 4.92. The summed E-state index contributed by atoms with van der Waals surface area (Å²) < 4.78 is 5.53. The maximum atomic E-state index is 12.2. The van der Waals surface area contributed by atoms with Crippen molar-refractivity contribution in [2.24, 2.45) is 11.3 Å². The molecule has 0 aliphatic carbocycles. The number of carbonyl (C=O) groups is 2. The monoisotopic (exact) mass is 298 g/mol. The van der Waals surface area contributed by atoms with Gasteiger partial charge in [0.1, 0.15) is 5.78 Å². The van der Waals surface area contributed by atoms with E-state index in [-0.39, 0.29) is 11.8 Å². The summed E-state index contributed by atoms with van der Waals surface area (Å²) in [7, 11) is 0. The Kier molecular flexibility index (Phi) is 10.4. The van der Waals surface area contributed by atoms with E-state index in [4.69, 9.17) is 4.74 Å². The number of hydrogen-bond acceptors (Lipinski definition) is 3. The lowest BCUT2D eigenvalue weighted by Crippen LogP contribution is -2.28. The van der Waals surface area contributed by atoms with Crippen molar-refractivity contribution in [1.82, 2.24) is 0 Å². The summed E-state index contributed by atoms with van der Waals surface area (Å²) in [6, 6.07) is 0. The number of rotatable bonds is 12. The van der Waals surface area contributed by atoms with Crippen LogP contribution >= 0.6 is 0 Å². The molecule has 124 valence electrons. The lowest BCUT2D eigenvalue weighted by molar-refractivity contribution is -0.156. The van der Waals surface area contributed by atoms with Crippen molar-refractivity contribution in [1.29, 1.82) is 0 Å². The summed E-state index contributed by atoms with van der Waals surface area (Å²) >= 11 is 0. The summed E-state index contributed by atoms with van der Waals surface area (Å²) in [5, 5.41) is 0. The molecule has 3 heteroatoms. The molecule has 3 nitrogen and oxygen atoms in total. The highest BCUT2D eigenvalue weighted by Crippen LogP contribution is 2.26. The van der Waals surface area contributed by atoms with Gasteiger partial charge in [-0.05, 0) is 46.0 Å². The topological polar surface area (TPSA) is 43.4 Å². The molecule has 0 N–H and O–H groups in total. The van der Waals surface area contributed by atoms with Crippen LogP contribution in [0.3, 0.4) is 0 Å². The molecule has 0 rings (SSSR count). The zero-order chi connectivity index (χ0) is 16.3. The van der Waals surface area contributed by atoms with E-state index in [1.54, 1.807) is 6.92 Å². The van der Waals surface area contributed by atoms with Crippen LogP contribution in [-0.2, 0) is 14.3 Å². The predicted molar refractivity (Wildman–Crippen MR) is 87.2 cm³/mol. The third kappa shape index (κ3) is 9.65. The first-order chi connectivity index (χ1) is 9.83. The standard InChI is InChI=1S/C18H34O3/c1-6-8-12-16(7-2)14-21-17(20)18(4,5)13-10-9-11-15(3)19/h16H,6-14H2,1-5H3. The molecule has 0 aliphatic rings. The fourth-order valence-electron chi connectivity index (χ4n) is 2.33. The Morgan fingerprint density at radius 1 is 1.10 bits per heavy atom. The average Bonchev–Trinajstić information content (AvgIpc) is 2.43. The summed E-state index contributed by atoms with van der Waals surface area (Å²) in [4.78, 5) is 23.1. The minimum Gasteiger partial charge on any atom is -0.465 e. The molecule has 0 fully saturated rings. The van der Waals surface area contributed by atoms with Gasteiger partial charge in [-0.2, -0.15) is 0 Å². The van der Waals surface area contributed by atoms with Gasteiger partial charge < -0.3 is 9.53 Å². The van der Waals surface area contributed by atoms with Crippen LogP contribution in [0.15, 0.2) is 0 Å². The van der Waals surface area contributed by atoms with Crippen LogP contribution in [0.2, 0.25) is 0 Å². The molecule has 0 radical (unpaired) electrons. The van der Waals surface area contributed by atoms with E-state index >= 15 is 0 Å². The fraction of sp³-hybridized carbons (Fsp3) is 0.889. The number of Topliss-reactive ketones (excluding diaryl/α,β-unsaturated/α-hetero) is 1. The van der Waals surface area contributed by atoms with Crippen LogP contribution in [-0.4, -0.2) is 18.4 Å². The molecule has 0 amide bonds. The zero-order valence-corrected chi connectivity index (χ0v) is 14.7. The molecule has 0 bridgehead atoms. The highest BCUT2D eigenvalue weighted by molar-refractivity contribution is 5.76. The largest absolute Gasteiger partial charge is 0.465 e. The van der Waals surface area contributed by atoms with Gasteiger partial charge in [-0.15, -0.1) is 0 Å². The van der Waals surface area contributed by atoms with E-state index < -0.39 is 5.41 Å². The van der Waals surface area contributed by atoms with E-state index in [0.717, 1.165) is 32.1 Å². The molecule has 21 heavy (non-hydrogen) atoms. The summed E-state index contributed by atoms with van der Waals surface area (Å²) in [6.45, 7) is 10.4. The number of ether oxygens (including phenoxy) is 1. The van der Waals surface area contributed by atoms with E-state index in [1.165, 1.54) is 12.8 Å². The normalized spacial score (nSPS) is 13.0. The number of hydrogen-bond donors (Lipinski definition) is 0. The average molecular weight is 298 g/mol. The van der Waals surface area contributed by atoms with Gasteiger partial charge >= 0.3 is 5.97 Å². The van der Waals surface area contributed by atoms with E-state index in [0.29, 0.717) is 18.9 Å². The molecule has 0 aromatic rings. The Morgan fingerprint density at radius 3 is 2.29 bits per heavy atom. The lowest BCUT2D eigenvalue weighted by Gasteiger charge is -2.24. The van der Waals surface area contributed by atoms with Gasteiger partial charge in [-0.25, -0.2) is 0 Å². The van der Waals surface area contributed by atoms with E-state index in [9.17, 15) is 9.59 Å². The van der Waals surface area contributed by atoms with Gasteiger partial charge in [-0.1, -0.05) is 39.5 Å². The van der Waals surface area contributed by atoms with Crippen molar-refractivity contribution >= 4 is 11.8 Å². The third-order valence-electron chi connectivity index (χ3n) is 4.13. The van der Waals surface area contributed by atoms with Crippen molar-refractivity contribution in [3.63, 3.8) is 0 Å². The first kappa shape index (κ1) is 20.1. The van der Waals surface area contributed by atoms with E-state index in [2.05, 4.69) is 13.8 Å². The number of carbonyl (C=O) groups excluding carboxylic acids is 2. The maximum absolute atomic E-state index is 12.2. The van der Waals surface area contributed by atoms with Crippen molar-refractivity contribution < 1.29 is 14.3 Å². The second kappa shape index (κ2) is 10.8. The van der Waals surface area contributed by atoms with Crippen molar-refractivity contribution in [3.8, 4) is 0 Å². The van der Waals surface area contributed by atoms with Crippen LogP contribution < -0.4 is 0 Å². The lowest BCUT2D eigenvalue weighted by atomic mass is 9.87. The highest BCUT2D eigenvalue weighted by Gasteiger charge is 2.29. The first-order valence-electron chi connectivity index (χ1n) is 8.50. The maximum Gasteiger partial charge on any atom is 0.311 e. The quantitative estimate of drug-likeness (QED) is 0.379. The molecule has 1 atom stereocenters. The molecule has 1 unspecified atom stereocenters. The Bertz CT molecular complexity index is 308. The molecule has 0 aromatic carbocycles. The van der Waals surface area contributed by atoms with Crippen LogP contribution in [0.1, 0.15) is 86.0 Å². The number of unbranched alkanes of at least 4 members (excludes halogenated alkanes) is 2. The molecule has 0 aromatic heterocycles. The highest BCUT2D eigenvalue weighted by atomic mass is 16.5. The molecule has 0 aliphatic heterocycles. The number of esters is 1. The summed E-state index contributed by atoms with van der Waals surface area (Å²) in [5.41, 5.74) is -0.445. The Balaban J connectivity index is 4.07. The minimum absolute atomic E-state index is 0.0970. The zero-order valence-electron chi connectivity index (χ0n) is 14.7. The minimum atomic E-state index is -0.445. The van der Waals surface area contributed by atoms with Gasteiger partial charge in [0.05, 0.1) is 12.0 Å². The molecule has 0 saturated heterocycles. The Morgan fingerprint density at radius 2 is 1.76 bits per heavy atom. The van der Waals surface area contributed by atoms with Crippen LogP contribution in [0.25, 0.3) is 0 Å². The first-order valence-corrected chi connectivity index (χ1v) is 8.50. The number of ketones is 1. The van der Waals surface area contributed by atoms with Crippen LogP contribution in [0.4, 0.5) is 0 Å². The van der Waals surface area contributed by atoms with Crippen molar-refractivity contribution in [3.05, 3.63) is 0 Å². The second-order valence-corrected chi connectivity index (χ2v) is 6.81. The Hall–Kier alpha value is -0.860. The van der Waals surface area contributed by atoms with Gasteiger partial charge in [0.15, 0.2) is 0 Å². The van der Waals surface area contributed by atoms with Gasteiger partial charge in [0.25, 0.3) is 0 Å². The Labute approximate surface area is 130 Å².